The molecule has 3 heteroatoms. The summed E-state index contributed by atoms with van der Waals surface area (Å²) in [6.45, 7) is 2.07. The molecule has 0 aliphatic carbocycles. The van der Waals surface area contributed by atoms with E-state index < -0.39 is 6.10 Å². The van der Waals surface area contributed by atoms with Crippen molar-refractivity contribution in [2.24, 2.45) is 0 Å². The molecular weight excluding hydrogens is 254 g/mol. The molecule has 0 aliphatic heterocycles. The van der Waals surface area contributed by atoms with Crippen molar-refractivity contribution in [3.63, 3.8) is 0 Å². The molecule has 1 N–H and O–H groups in total. The van der Waals surface area contributed by atoms with E-state index >= 15 is 0 Å². The molecule has 2 atom stereocenters. The number of benzene rings is 1. The summed E-state index contributed by atoms with van der Waals surface area (Å²) in [5.41, 5.74) is 0.994. The van der Waals surface area contributed by atoms with Crippen molar-refractivity contribution >= 4 is 0 Å². The molecule has 0 fully saturated rings. The zero-order chi connectivity index (χ0) is 10.8. The van der Waals surface area contributed by atoms with E-state index in [-0.39, 0.29) is 23.0 Å². The lowest BCUT2D eigenvalue weighted by atomic mass is 10.0. The predicted molar refractivity (Wildman–Crippen MR) is 58.9 cm³/mol. The number of halogens is 1. The van der Waals surface area contributed by atoms with Gasteiger partial charge in [0.2, 0.25) is 0 Å². The van der Waals surface area contributed by atoms with Gasteiger partial charge in [-0.2, -0.15) is 0 Å². The third-order valence-electron chi connectivity index (χ3n) is 2.82. The first-order valence-corrected chi connectivity index (χ1v) is 4.97. The summed E-state index contributed by atoms with van der Waals surface area (Å²) in [6.07, 6.45) is -0.392. The second kappa shape index (κ2) is 5.64. The lowest BCUT2D eigenvalue weighted by Gasteiger charge is -2.34. The summed E-state index contributed by atoms with van der Waals surface area (Å²) in [4.78, 5) is 0. The van der Waals surface area contributed by atoms with Crippen LogP contribution >= 0.6 is 0 Å². The van der Waals surface area contributed by atoms with Crippen LogP contribution in [0.5, 0.6) is 0 Å². The zero-order valence-electron chi connectivity index (χ0n) is 9.81. The average molecular weight is 274 g/mol. The molecule has 0 saturated carbocycles. The molecule has 86 valence electrons. The molecule has 1 rings (SSSR count). The third kappa shape index (κ3) is 3.93. The van der Waals surface area contributed by atoms with Gasteiger partial charge in [-0.05, 0) is 12.5 Å². The van der Waals surface area contributed by atoms with Crippen molar-refractivity contribution < 1.29 is 26.6 Å². The Morgan fingerprint density at radius 2 is 1.53 bits per heavy atom. The van der Waals surface area contributed by atoms with Crippen LogP contribution in [-0.4, -0.2) is 36.8 Å². The summed E-state index contributed by atoms with van der Waals surface area (Å²) in [7, 11) is 6.28. The van der Waals surface area contributed by atoms with Crippen molar-refractivity contribution in [2.75, 3.05) is 21.1 Å². The van der Waals surface area contributed by atoms with E-state index in [1.807, 2.05) is 30.3 Å². The molecule has 0 bridgehead atoms. The standard InChI is InChI=1S/C12H20NO.BrH/c1-10(13(2,3)4)12(14)11-8-6-5-7-9-11;/h5-10,12,14H,1-4H3;1H/q+1;/p-1/t10-,12-;/m1./s1. The van der Waals surface area contributed by atoms with E-state index in [1.54, 1.807) is 0 Å². The molecule has 0 aliphatic rings. The lowest BCUT2D eigenvalue weighted by molar-refractivity contribution is -0.898. The van der Waals surface area contributed by atoms with Gasteiger partial charge in [-0.3, -0.25) is 0 Å². The quantitative estimate of drug-likeness (QED) is 0.688. The first kappa shape index (κ1) is 14.6. The highest BCUT2D eigenvalue weighted by Crippen LogP contribution is 2.21. The maximum atomic E-state index is 10.1. The molecule has 0 heterocycles. The molecule has 1 aromatic rings. The molecule has 15 heavy (non-hydrogen) atoms. The van der Waals surface area contributed by atoms with E-state index in [0.29, 0.717) is 0 Å². The minimum Gasteiger partial charge on any atom is -1.00 e. The molecule has 0 unspecified atom stereocenters. The number of aliphatic hydroxyl groups is 1. The van der Waals surface area contributed by atoms with E-state index in [1.165, 1.54) is 0 Å². The monoisotopic (exact) mass is 273 g/mol. The smallest absolute Gasteiger partial charge is 0.130 e. The first-order chi connectivity index (χ1) is 6.43. The number of nitrogens with zero attached hydrogens (tertiary/aromatic N) is 1. The summed E-state index contributed by atoms with van der Waals surface area (Å²) in [6, 6.07) is 10.0. The van der Waals surface area contributed by atoms with Crippen molar-refractivity contribution in [3.8, 4) is 0 Å². The van der Waals surface area contributed by atoms with Gasteiger partial charge in [0.1, 0.15) is 12.1 Å². The second-order valence-corrected chi connectivity index (χ2v) is 4.71. The number of aliphatic hydroxyl groups excluding tert-OH is 1. The van der Waals surface area contributed by atoms with Gasteiger partial charge in [0, 0.05) is 0 Å². The van der Waals surface area contributed by atoms with Crippen LogP contribution in [0.15, 0.2) is 30.3 Å². The zero-order valence-corrected chi connectivity index (χ0v) is 11.4. The third-order valence-corrected chi connectivity index (χ3v) is 2.82. The highest BCUT2D eigenvalue weighted by Gasteiger charge is 2.27. The van der Waals surface area contributed by atoms with Gasteiger partial charge in [0.15, 0.2) is 0 Å². The Bertz CT molecular complexity index is 281. The molecule has 0 saturated heterocycles. The molecule has 2 nitrogen and oxygen atoms in total. The minimum absolute atomic E-state index is 0. The van der Waals surface area contributed by atoms with E-state index in [9.17, 15) is 5.11 Å². The summed E-state index contributed by atoms with van der Waals surface area (Å²) in [5, 5.41) is 10.1. The van der Waals surface area contributed by atoms with Crippen LogP contribution in [0.1, 0.15) is 18.6 Å². The van der Waals surface area contributed by atoms with Crippen molar-refractivity contribution in [3.05, 3.63) is 35.9 Å². The maximum absolute atomic E-state index is 10.1. The highest BCUT2D eigenvalue weighted by molar-refractivity contribution is 5.18. The van der Waals surface area contributed by atoms with Gasteiger partial charge in [-0.25, -0.2) is 0 Å². The number of hydrogen-bond donors (Lipinski definition) is 1. The largest absolute Gasteiger partial charge is 1.00 e. The van der Waals surface area contributed by atoms with Crippen molar-refractivity contribution in [1.82, 2.24) is 0 Å². The van der Waals surface area contributed by atoms with Crippen LogP contribution in [-0.2, 0) is 0 Å². The van der Waals surface area contributed by atoms with Crippen LogP contribution in [0.4, 0.5) is 0 Å². The Balaban J connectivity index is 0.00000196. The Labute approximate surface area is 103 Å². The topological polar surface area (TPSA) is 20.2 Å². The van der Waals surface area contributed by atoms with Crippen LogP contribution in [0, 0.1) is 0 Å². The lowest BCUT2D eigenvalue weighted by Crippen LogP contribution is -3.00. The van der Waals surface area contributed by atoms with Crippen LogP contribution in [0.25, 0.3) is 0 Å². The Morgan fingerprint density at radius 3 is 1.93 bits per heavy atom. The summed E-state index contributed by atoms with van der Waals surface area (Å²) < 4.78 is 0.760. The number of quaternary nitrogens is 1. The summed E-state index contributed by atoms with van der Waals surface area (Å²) >= 11 is 0. The van der Waals surface area contributed by atoms with Gasteiger partial charge in [0.05, 0.1) is 21.1 Å². The predicted octanol–water partition coefficient (Wildman–Crippen LogP) is -1.18. The SMILES string of the molecule is C[C@H]([C@@H](O)c1ccccc1)[N+](C)(C)C.[Br-]. The fourth-order valence-corrected chi connectivity index (χ4v) is 1.35. The van der Waals surface area contributed by atoms with E-state index in [0.717, 1.165) is 10.0 Å². The normalized spacial score (nSPS) is 15.3. The van der Waals surface area contributed by atoms with Crippen LogP contribution in [0.2, 0.25) is 0 Å². The average Bonchev–Trinajstić information content (AvgIpc) is 2.15. The van der Waals surface area contributed by atoms with Crippen molar-refractivity contribution in [1.29, 1.82) is 0 Å². The molecule has 0 amide bonds. The summed E-state index contributed by atoms with van der Waals surface area (Å²) in [5.74, 6) is 0. The maximum Gasteiger partial charge on any atom is 0.130 e. The highest BCUT2D eigenvalue weighted by atomic mass is 79.9. The molecule has 0 aromatic heterocycles. The Morgan fingerprint density at radius 1 is 1.07 bits per heavy atom. The first-order valence-electron chi connectivity index (χ1n) is 4.97. The van der Waals surface area contributed by atoms with Gasteiger partial charge in [-0.15, -0.1) is 0 Å². The van der Waals surface area contributed by atoms with E-state index in [2.05, 4.69) is 28.1 Å². The Hall–Kier alpha value is -0.380. The van der Waals surface area contributed by atoms with Gasteiger partial charge < -0.3 is 26.6 Å². The van der Waals surface area contributed by atoms with E-state index in [4.69, 9.17) is 0 Å². The molecule has 0 radical (unpaired) electrons. The molecule has 1 aromatic carbocycles. The van der Waals surface area contributed by atoms with Gasteiger partial charge in [0.25, 0.3) is 0 Å². The Kier molecular flexibility index (Phi) is 5.49. The molecule has 0 spiro atoms. The fraction of sp³-hybridized carbons (Fsp3) is 0.500. The van der Waals surface area contributed by atoms with Crippen LogP contribution in [0.3, 0.4) is 0 Å². The molecular formula is C12H20BrNO. The number of likely N-dealkylation sites (N-methyl/N-ethyl adjacent to an activating group) is 1. The number of hydrogen-bond acceptors (Lipinski definition) is 1. The van der Waals surface area contributed by atoms with Gasteiger partial charge >= 0.3 is 0 Å². The fourth-order valence-electron chi connectivity index (χ4n) is 1.35. The van der Waals surface area contributed by atoms with Crippen LogP contribution < -0.4 is 17.0 Å². The second-order valence-electron chi connectivity index (χ2n) is 4.71. The minimum atomic E-state index is -0.392. The van der Waals surface area contributed by atoms with Crippen molar-refractivity contribution in [2.45, 2.75) is 19.1 Å². The number of rotatable bonds is 3. The van der Waals surface area contributed by atoms with Gasteiger partial charge in [-0.1, -0.05) is 30.3 Å².